The van der Waals surface area contributed by atoms with Gasteiger partial charge in [0.25, 0.3) is 0 Å². The first-order chi connectivity index (χ1) is 13.4. The van der Waals surface area contributed by atoms with E-state index in [4.69, 9.17) is 9.15 Å². The average molecular weight is 402 g/mol. The highest BCUT2D eigenvalue weighted by molar-refractivity contribution is 7.85. The number of aryl methyl sites for hydroxylation is 1. The summed E-state index contributed by atoms with van der Waals surface area (Å²) in [7, 11) is -2.48. The molecule has 0 radical (unpaired) electrons. The maximum absolute atomic E-state index is 10.6. The lowest BCUT2D eigenvalue weighted by atomic mass is 10.2. The summed E-state index contributed by atoms with van der Waals surface area (Å²) >= 11 is 0. The fourth-order valence-corrected chi connectivity index (χ4v) is 3.35. The van der Waals surface area contributed by atoms with Crippen molar-refractivity contribution in [1.82, 2.24) is 4.98 Å². The normalized spacial score (nSPS) is 11.5. The highest BCUT2D eigenvalue weighted by atomic mass is 32.2. The van der Waals surface area contributed by atoms with Crippen LogP contribution in [0.2, 0.25) is 0 Å². The number of hydrogen-bond acceptors (Lipinski definition) is 6. The number of pyridine rings is 1. The van der Waals surface area contributed by atoms with Gasteiger partial charge < -0.3 is 13.7 Å². The van der Waals surface area contributed by atoms with E-state index < -0.39 is 10.1 Å². The van der Waals surface area contributed by atoms with Crippen LogP contribution in [0.3, 0.4) is 0 Å². The van der Waals surface area contributed by atoms with Crippen molar-refractivity contribution in [2.24, 2.45) is 0 Å². The van der Waals surface area contributed by atoms with E-state index in [1.165, 1.54) is 0 Å². The molecule has 0 saturated heterocycles. The predicted molar refractivity (Wildman–Crippen MR) is 103 cm³/mol. The number of rotatable bonds is 9. The molecule has 0 saturated carbocycles. The molecule has 148 valence electrons. The third-order valence-corrected chi connectivity index (χ3v) is 5.12. The van der Waals surface area contributed by atoms with Crippen molar-refractivity contribution in [3.05, 3.63) is 55.0 Å². The van der Waals surface area contributed by atoms with Crippen molar-refractivity contribution in [1.29, 1.82) is 0 Å². The van der Waals surface area contributed by atoms with Crippen LogP contribution >= 0.6 is 0 Å². The van der Waals surface area contributed by atoms with Crippen molar-refractivity contribution in [2.75, 3.05) is 12.9 Å². The van der Waals surface area contributed by atoms with Gasteiger partial charge in [-0.05, 0) is 37.1 Å². The molecule has 0 unspecified atom stereocenters. The Bertz CT molecular complexity index is 996. The van der Waals surface area contributed by atoms with Gasteiger partial charge in [-0.1, -0.05) is 0 Å². The first-order valence-electron chi connectivity index (χ1n) is 8.98. The standard InChI is InChI=1S/C20H22N2O5S/c1-26-18-7-5-16(6-8-18)19-15-21-20(27-19)17-9-12-22(13-10-17)11-3-2-4-14-28(23,24)25/h5-10,12-13,15H,2-4,11,14H2,1H3. The summed E-state index contributed by atoms with van der Waals surface area (Å²) in [5.41, 5.74) is 1.79. The number of unbranched alkanes of at least 4 members (excludes halogenated alkanes) is 2. The minimum atomic E-state index is -4.11. The Morgan fingerprint density at radius 3 is 2.39 bits per heavy atom. The fraction of sp³-hybridized carbons (Fsp3) is 0.300. The molecule has 0 fully saturated rings. The zero-order chi connectivity index (χ0) is 20.0. The summed E-state index contributed by atoms with van der Waals surface area (Å²) in [6.45, 7) is 0.752. The van der Waals surface area contributed by atoms with E-state index in [9.17, 15) is 13.0 Å². The molecule has 28 heavy (non-hydrogen) atoms. The van der Waals surface area contributed by atoms with Gasteiger partial charge in [-0.3, -0.25) is 0 Å². The van der Waals surface area contributed by atoms with E-state index >= 15 is 0 Å². The lowest BCUT2D eigenvalue weighted by molar-refractivity contribution is -0.697. The molecule has 0 bridgehead atoms. The number of aromatic nitrogens is 2. The summed E-state index contributed by atoms with van der Waals surface area (Å²) in [5, 5.41) is 0. The summed E-state index contributed by atoms with van der Waals surface area (Å²) in [4.78, 5) is 4.35. The lowest BCUT2D eigenvalue weighted by Gasteiger charge is -2.05. The zero-order valence-corrected chi connectivity index (χ0v) is 16.4. The van der Waals surface area contributed by atoms with Gasteiger partial charge in [0.2, 0.25) is 5.89 Å². The molecule has 7 nitrogen and oxygen atoms in total. The molecule has 0 aliphatic rings. The molecule has 8 heteroatoms. The van der Waals surface area contributed by atoms with Crippen molar-refractivity contribution in [3.8, 4) is 28.5 Å². The minimum absolute atomic E-state index is 0.294. The van der Waals surface area contributed by atoms with Crippen LogP contribution in [0, 0.1) is 0 Å². The first-order valence-corrected chi connectivity index (χ1v) is 10.6. The van der Waals surface area contributed by atoms with Gasteiger partial charge in [0, 0.05) is 35.4 Å². The zero-order valence-electron chi connectivity index (χ0n) is 15.6. The highest BCUT2D eigenvalue weighted by Crippen LogP contribution is 2.26. The van der Waals surface area contributed by atoms with E-state index in [0.717, 1.165) is 29.8 Å². The smallest absolute Gasteiger partial charge is 0.227 e. The largest absolute Gasteiger partial charge is 0.748 e. The third kappa shape index (κ3) is 5.64. The summed E-state index contributed by atoms with van der Waals surface area (Å²) < 4.78 is 44.8. The monoisotopic (exact) mass is 402 g/mol. The van der Waals surface area contributed by atoms with Gasteiger partial charge in [0.15, 0.2) is 18.2 Å². The molecule has 3 aromatic rings. The Hall–Kier alpha value is -2.71. The van der Waals surface area contributed by atoms with Crippen molar-refractivity contribution in [3.63, 3.8) is 0 Å². The number of nitrogens with zero attached hydrogens (tertiary/aromatic N) is 2. The van der Waals surface area contributed by atoms with Gasteiger partial charge >= 0.3 is 0 Å². The molecule has 0 amide bonds. The summed E-state index contributed by atoms with van der Waals surface area (Å²) in [6.07, 6.45) is 7.45. The number of ether oxygens (including phenoxy) is 1. The molecule has 0 spiro atoms. The maximum Gasteiger partial charge on any atom is 0.227 e. The second-order valence-corrected chi connectivity index (χ2v) is 7.93. The quantitative estimate of drug-likeness (QED) is 0.310. The fourth-order valence-electron chi connectivity index (χ4n) is 2.80. The van der Waals surface area contributed by atoms with Gasteiger partial charge in [-0.25, -0.2) is 18.0 Å². The molecular formula is C20H22N2O5S. The van der Waals surface area contributed by atoms with Crippen LogP contribution in [0.15, 0.2) is 59.4 Å². The second-order valence-electron chi connectivity index (χ2n) is 6.41. The Morgan fingerprint density at radius 1 is 1.04 bits per heavy atom. The van der Waals surface area contributed by atoms with Crippen LogP contribution in [-0.4, -0.2) is 30.8 Å². The van der Waals surface area contributed by atoms with E-state index in [-0.39, 0.29) is 5.75 Å². The Kier molecular flexibility index (Phi) is 6.43. The SMILES string of the molecule is COc1ccc(-c2cnc(-c3cc[n+](CCCCCS(=O)(=O)[O-])cc3)o2)cc1. The molecule has 0 aliphatic carbocycles. The summed E-state index contributed by atoms with van der Waals surface area (Å²) in [6, 6.07) is 11.4. The number of hydrogen-bond donors (Lipinski definition) is 0. The predicted octanol–water partition coefficient (Wildman–Crippen LogP) is 3.02. The molecule has 2 aromatic heterocycles. The van der Waals surface area contributed by atoms with Crippen LogP contribution in [0.5, 0.6) is 5.75 Å². The van der Waals surface area contributed by atoms with Crippen molar-refractivity contribution in [2.45, 2.75) is 25.8 Å². The average Bonchev–Trinajstić information content (AvgIpc) is 3.17. The minimum Gasteiger partial charge on any atom is -0.748 e. The van der Waals surface area contributed by atoms with Crippen LogP contribution in [0.1, 0.15) is 19.3 Å². The molecule has 2 heterocycles. The van der Waals surface area contributed by atoms with E-state index in [2.05, 4.69) is 4.98 Å². The van der Waals surface area contributed by atoms with Crippen molar-refractivity contribution < 1.29 is 26.7 Å². The second kappa shape index (κ2) is 8.99. The third-order valence-electron chi connectivity index (χ3n) is 4.33. The number of methoxy groups -OCH3 is 1. The van der Waals surface area contributed by atoms with Crippen LogP contribution in [-0.2, 0) is 16.7 Å². The maximum atomic E-state index is 10.6. The van der Waals surface area contributed by atoms with Gasteiger partial charge in [0.05, 0.1) is 23.4 Å². The Labute approximate surface area is 164 Å². The Morgan fingerprint density at radius 2 is 1.75 bits per heavy atom. The van der Waals surface area contributed by atoms with Crippen LogP contribution in [0.4, 0.5) is 0 Å². The lowest BCUT2D eigenvalue weighted by Crippen LogP contribution is -2.32. The van der Waals surface area contributed by atoms with Gasteiger partial charge in [-0.15, -0.1) is 0 Å². The van der Waals surface area contributed by atoms with E-state index in [0.29, 0.717) is 24.5 Å². The topological polar surface area (TPSA) is 96.3 Å². The van der Waals surface area contributed by atoms with E-state index in [1.54, 1.807) is 13.3 Å². The molecular weight excluding hydrogens is 380 g/mol. The molecule has 3 rings (SSSR count). The number of oxazole rings is 1. The molecule has 1 aromatic carbocycles. The highest BCUT2D eigenvalue weighted by Gasteiger charge is 2.10. The number of benzene rings is 1. The summed E-state index contributed by atoms with van der Waals surface area (Å²) in [5.74, 6) is 1.71. The van der Waals surface area contributed by atoms with Crippen LogP contribution in [0.25, 0.3) is 22.8 Å². The molecule has 0 aliphatic heterocycles. The molecule has 0 N–H and O–H groups in total. The van der Waals surface area contributed by atoms with E-state index in [1.807, 2.05) is 53.4 Å². The Balaban J connectivity index is 1.57. The van der Waals surface area contributed by atoms with Crippen LogP contribution < -0.4 is 9.30 Å². The molecule has 0 atom stereocenters. The van der Waals surface area contributed by atoms with Crippen molar-refractivity contribution >= 4 is 10.1 Å². The van der Waals surface area contributed by atoms with Gasteiger partial charge in [0.1, 0.15) is 12.3 Å². The van der Waals surface area contributed by atoms with Gasteiger partial charge in [-0.2, -0.15) is 0 Å². The first kappa shape index (κ1) is 20.0.